The molecule has 0 amide bonds. The van der Waals surface area contributed by atoms with E-state index in [-0.39, 0.29) is 0 Å². The van der Waals surface area contributed by atoms with Gasteiger partial charge in [0.1, 0.15) is 0 Å². The molecule has 0 N–H and O–H groups in total. The van der Waals surface area contributed by atoms with Crippen molar-refractivity contribution in [1.82, 2.24) is 9.38 Å². The second-order valence-corrected chi connectivity index (χ2v) is 4.71. The minimum absolute atomic E-state index is 0.646. The summed E-state index contributed by atoms with van der Waals surface area (Å²) in [5.41, 5.74) is 4.31. The fourth-order valence-corrected chi connectivity index (χ4v) is 2.31. The molecule has 1 aromatic carbocycles. The summed E-state index contributed by atoms with van der Waals surface area (Å²) in [4.78, 5) is 4.69. The van der Waals surface area contributed by atoms with Crippen molar-refractivity contribution in [2.75, 3.05) is 6.61 Å². The highest BCUT2D eigenvalue weighted by Crippen LogP contribution is 2.24. The molecule has 0 atom stereocenters. The third kappa shape index (κ3) is 2.27. The van der Waals surface area contributed by atoms with Crippen molar-refractivity contribution in [3.05, 3.63) is 54.4 Å². The van der Waals surface area contributed by atoms with Gasteiger partial charge in [0.05, 0.1) is 12.3 Å². The lowest BCUT2D eigenvalue weighted by Gasteiger charge is -2.03. The van der Waals surface area contributed by atoms with Gasteiger partial charge in [-0.1, -0.05) is 31.2 Å². The van der Waals surface area contributed by atoms with Gasteiger partial charge in [0.2, 0.25) is 0 Å². The average Bonchev–Trinajstić information content (AvgIpc) is 2.93. The number of rotatable bonds is 4. The van der Waals surface area contributed by atoms with Gasteiger partial charge in [-0.25, -0.2) is 4.98 Å². The van der Waals surface area contributed by atoms with Crippen molar-refractivity contribution in [3.8, 4) is 17.0 Å². The zero-order chi connectivity index (χ0) is 13.9. The van der Waals surface area contributed by atoms with Gasteiger partial charge in [-0.05, 0) is 31.0 Å². The smallest absolute Gasteiger partial charge is 0.180 e. The Morgan fingerprint density at radius 2 is 1.90 bits per heavy atom. The lowest BCUT2D eigenvalue weighted by atomic mass is 10.1. The van der Waals surface area contributed by atoms with E-state index in [0.29, 0.717) is 6.61 Å². The molecule has 2 aromatic heterocycles. The molecule has 3 heteroatoms. The van der Waals surface area contributed by atoms with Gasteiger partial charge in [0.15, 0.2) is 11.4 Å². The molecule has 0 spiro atoms. The highest BCUT2D eigenvalue weighted by Gasteiger charge is 2.08. The minimum Gasteiger partial charge on any atom is -0.490 e. The molecule has 0 aliphatic carbocycles. The first-order chi connectivity index (χ1) is 9.81. The summed E-state index contributed by atoms with van der Waals surface area (Å²) in [5, 5.41) is 0. The lowest BCUT2D eigenvalue weighted by molar-refractivity contribution is 0.342. The van der Waals surface area contributed by atoms with E-state index in [1.54, 1.807) is 0 Å². The van der Waals surface area contributed by atoms with Gasteiger partial charge in [-0.15, -0.1) is 0 Å². The number of hydrogen-bond acceptors (Lipinski definition) is 2. The molecule has 3 nitrogen and oxygen atoms in total. The van der Waals surface area contributed by atoms with Crippen LogP contribution in [0.4, 0.5) is 0 Å². The summed E-state index contributed by atoms with van der Waals surface area (Å²) >= 11 is 0. The Hall–Kier alpha value is -2.29. The molecule has 0 fully saturated rings. The van der Waals surface area contributed by atoms with Crippen molar-refractivity contribution in [2.45, 2.75) is 20.3 Å². The van der Waals surface area contributed by atoms with E-state index in [1.165, 1.54) is 5.56 Å². The quantitative estimate of drug-likeness (QED) is 0.714. The summed E-state index contributed by atoms with van der Waals surface area (Å²) in [6.45, 7) is 4.79. The van der Waals surface area contributed by atoms with Gasteiger partial charge in [0, 0.05) is 18.0 Å². The highest BCUT2D eigenvalue weighted by atomic mass is 16.5. The van der Waals surface area contributed by atoms with Crippen LogP contribution < -0.4 is 4.74 Å². The number of aromatic nitrogens is 2. The number of fused-ring (bicyclic) bond motifs is 1. The monoisotopic (exact) mass is 266 g/mol. The standard InChI is InChI=1S/C17H18N2O/c1-3-13-7-9-14(10-8-13)15-12-19-11-5-6-16(20-4-2)17(19)18-15/h5-12H,3-4H2,1-2H3. The van der Waals surface area contributed by atoms with Crippen LogP contribution in [0.3, 0.4) is 0 Å². The van der Waals surface area contributed by atoms with Gasteiger partial charge in [-0.3, -0.25) is 0 Å². The number of pyridine rings is 1. The number of hydrogen-bond donors (Lipinski definition) is 0. The van der Waals surface area contributed by atoms with Gasteiger partial charge in [-0.2, -0.15) is 0 Å². The van der Waals surface area contributed by atoms with Crippen LogP contribution in [0.1, 0.15) is 19.4 Å². The van der Waals surface area contributed by atoms with E-state index in [4.69, 9.17) is 9.72 Å². The second-order valence-electron chi connectivity index (χ2n) is 4.71. The van der Waals surface area contributed by atoms with Gasteiger partial charge < -0.3 is 9.14 Å². The van der Waals surface area contributed by atoms with Crippen LogP contribution in [-0.4, -0.2) is 16.0 Å². The summed E-state index contributed by atoms with van der Waals surface area (Å²) in [6.07, 6.45) is 5.09. The number of aryl methyl sites for hydroxylation is 1. The molecular formula is C17H18N2O. The number of imidazole rings is 1. The van der Waals surface area contributed by atoms with Gasteiger partial charge >= 0.3 is 0 Å². The average molecular weight is 266 g/mol. The summed E-state index contributed by atoms with van der Waals surface area (Å²) in [6, 6.07) is 12.5. The molecule has 0 unspecified atom stereocenters. The third-order valence-corrected chi connectivity index (χ3v) is 3.40. The number of benzene rings is 1. The second kappa shape index (κ2) is 5.37. The van der Waals surface area contributed by atoms with Crippen LogP contribution in [-0.2, 0) is 6.42 Å². The summed E-state index contributed by atoms with van der Waals surface area (Å²) in [5.74, 6) is 0.825. The molecular weight excluding hydrogens is 248 g/mol. The number of ether oxygens (including phenoxy) is 1. The highest BCUT2D eigenvalue weighted by molar-refractivity contribution is 5.66. The summed E-state index contributed by atoms with van der Waals surface area (Å²) < 4.78 is 7.63. The van der Waals surface area contributed by atoms with Crippen molar-refractivity contribution < 1.29 is 4.74 Å². The Morgan fingerprint density at radius 3 is 2.60 bits per heavy atom. The van der Waals surface area contributed by atoms with Crippen molar-refractivity contribution in [2.24, 2.45) is 0 Å². The Labute approximate surface area is 118 Å². The van der Waals surface area contributed by atoms with Gasteiger partial charge in [0.25, 0.3) is 0 Å². The van der Waals surface area contributed by atoms with Crippen LogP contribution in [0.5, 0.6) is 5.75 Å². The van der Waals surface area contributed by atoms with E-state index in [2.05, 4.69) is 31.2 Å². The van der Waals surface area contributed by atoms with E-state index in [1.807, 2.05) is 35.9 Å². The van der Waals surface area contributed by atoms with Crippen LogP contribution in [0.25, 0.3) is 16.9 Å². The molecule has 0 saturated carbocycles. The molecule has 0 aliphatic heterocycles. The first kappa shape index (κ1) is 12.7. The molecule has 102 valence electrons. The van der Waals surface area contributed by atoms with E-state index >= 15 is 0 Å². The van der Waals surface area contributed by atoms with E-state index in [9.17, 15) is 0 Å². The Bertz CT molecular complexity index is 713. The molecule has 0 saturated heterocycles. The maximum atomic E-state index is 5.62. The zero-order valence-electron chi connectivity index (χ0n) is 11.8. The van der Waals surface area contributed by atoms with Crippen molar-refractivity contribution >= 4 is 5.65 Å². The molecule has 0 radical (unpaired) electrons. The van der Waals surface area contributed by atoms with Crippen LogP contribution in [0, 0.1) is 0 Å². The Kier molecular flexibility index (Phi) is 3.42. The molecule has 0 bridgehead atoms. The van der Waals surface area contributed by atoms with Crippen LogP contribution >= 0.6 is 0 Å². The topological polar surface area (TPSA) is 26.5 Å². The molecule has 2 heterocycles. The Balaban J connectivity index is 2.05. The first-order valence-electron chi connectivity index (χ1n) is 7.01. The fraction of sp³-hybridized carbons (Fsp3) is 0.235. The molecule has 3 rings (SSSR count). The minimum atomic E-state index is 0.646. The normalized spacial score (nSPS) is 10.9. The maximum Gasteiger partial charge on any atom is 0.180 e. The predicted molar refractivity (Wildman–Crippen MR) is 81.2 cm³/mol. The lowest BCUT2D eigenvalue weighted by Crippen LogP contribution is -1.94. The Morgan fingerprint density at radius 1 is 1.10 bits per heavy atom. The first-order valence-corrected chi connectivity index (χ1v) is 7.01. The third-order valence-electron chi connectivity index (χ3n) is 3.40. The maximum absolute atomic E-state index is 5.62. The molecule has 20 heavy (non-hydrogen) atoms. The molecule has 3 aromatic rings. The fourth-order valence-electron chi connectivity index (χ4n) is 2.31. The van der Waals surface area contributed by atoms with E-state index < -0.39 is 0 Å². The zero-order valence-corrected chi connectivity index (χ0v) is 11.8. The molecule has 0 aliphatic rings. The van der Waals surface area contributed by atoms with Crippen LogP contribution in [0.15, 0.2) is 48.8 Å². The SMILES string of the molecule is CCOc1cccn2cc(-c3ccc(CC)cc3)nc12. The van der Waals surface area contributed by atoms with Crippen molar-refractivity contribution in [1.29, 1.82) is 0 Å². The number of nitrogens with zero attached hydrogens (tertiary/aromatic N) is 2. The van der Waals surface area contributed by atoms with Crippen LogP contribution in [0.2, 0.25) is 0 Å². The van der Waals surface area contributed by atoms with E-state index in [0.717, 1.165) is 29.1 Å². The predicted octanol–water partition coefficient (Wildman–Crippen LogP) is 3.96. The summed E-state index contributed by atoms with van der Waals surface area (Å²) in [7, 11) is 0. The largest absolute Gasteiger partial charge is 0.490 e. The van der Waals surface area contributed by atoms with Crippen molar-refractivity contribution in [3.63, 3.8) is 0 Å².